The highest BCUT2D eigenvalue weighted by Crippen LogP contribution is 2.39. The number of nitrogens with two attached hydrogens (primary N) is 1. The SMILES string of the molecule is CCCOc1cncc(C(=O)C(C)(N)C2CC2)c1. The summed E-state index contributed by atoms with van der Waals surface area (Å²) in [6.45, 7) is 4.47. The van der Waals surface area contributed by atoms with Crippen molar-refractivity contribution in [3.8, 4) is 5.75 Å². The Morgan fingerprint density at radius 2 is 2.28 bits per heavy atom. The molecule has 1 fully saturated rings. The van der Waals surface area contributed by atoms with Gasteiger partial charge in [0.2, 0.25) is 0 Å². The molecule has 18 heavy (non-hydrogen) atoms. The van der Waals surface area contributed by atoms with E-state index in [1.165, 1.54) is 0 Å². The van der Waals surface area contributed by atoms with Crippen LogP contribution in [0.2, 0.25) is 0 Å². The highest BCUT2D eigenvalue weighted by Gasteiger charge is 2.44. The molecule has 4 heteroatoms. The number of ketones is 1. The fourth-order valence-corrected chi connectivity index (χ4v) is 2.02. The molecule has 0 aliphatic heterocycles. The lowest BCUT2D eigenvalue weighted by molar-refractivity contribution is 0.0882. The Labute approximate surface area is 108 Å². The van der Waals surface area contributed by atoms with Crippen LogP contribution in [0.25, 0.3) is 0 Å². The summed E-state index contributed by atoms with van der Waals surface area (Å²) in [5, 5.41) is 0. The zero-order valence-electron chi connectivity index (χ0n) is 11.0. The van der Waals surface area contributed by atoms with Crippen LogP contribution in [0.1, 0.15) is 43.5 Å². The van der Waals surface area contributed by atoms with Crippen LogP contribution in [0.3, 0.4) is 0 Å². The fraction of sp³-hybridized carbons (Fsp3) is 0.571. The minimum absolute atomic E-state index is 0.0422. The minimum Gasteiger partial charge on any atom is -0.492 e. The fourth-order valence-electron chi connectivity index (χ4n) is 2.02. The molecular formula is C14H20N2O2. The van der Waals surface area contributed by atoms with E-state index in [4.69, 9.17) is 10.5 Å². The molecule has 1 aliphatic carbocycles. The second-order valence-corrected chi connectivity index (χ2v) is 5.14. The first-order valence-electron chi connectivity index (χ1n) is 6.47. The van der Waals surface area contributed by atoms with Gasteiger partial charge in [0.25, 0.3) is 0 Å². The van der Waals surface area contributed by atoms with Gasteiger partial charge >= 0.3 is 0 Å². The number of carbonyl (C=O) groups is 1. The zero-order chi connectivity index (χ0) is 13.2. The van der Waals surface area contributed by atoms with Crippen molar-refractivity contribution in [2.24, 2.45) is 11.7 Å². The molecule has 0 saturated heterocycles. The number of carbonyl (C=O) groups excluding carboxylic acids is 1. The number of pyridine rings is 1. The Kier molecular flexibility index (Phi) is 3.66. The van der Waals surface area contributed by atoms with Crippen LogP contribution in [-0.4, -0.2) is 22.9 Å². The quantitative estimate of drug-likeness (QED) is 0.784. The number of hydrogen-bond donors (Lipinski definition) is 1. The predicted octanol–water partition coefficient (Wildman–Crippen LogP) is 2.18. The molecule has 1 heterocycles. The van der Waals surface area contributed by atoms with Crippen molar-refractivity contribution in [1.29, 1.82) is 0 Å². The highest BCUT2D eigenvalue weighted by molar-refractivity contribution is 6.03. The van der Waals surface area contributed by atoms with Crippen LogP contribution >= 0.6 is 0 Å². The van der Waals surface area contributed by atoms with Crippen LogP contribution in [0.15, 0.2) is 18.5 Å². The number of ether oxygens (including phenoxy) is 1. The second kappa shape index (κ2) is 5.06. The van der Waals surface area contributed by atoms with Gasteiger partial charge in [0, 0.05) is 11.8 Å². The molecule has 2 rings (SSSR count). The summed E-state index contributed by atoms with van der Waals surface area (Å²) < 4.78 is 5.48. The Morgan fingerprint density at radius 1 is 1.56 bits per heavy atom. The molecule has 1 atom stereocenters. The summed E-state index contributed by atoms with van der Waals surface area (Å²) in [6.07, 6.45) is 6.19. The summed E-state index contributed by atoms with van der Waals surface area (Å²) in [5.41, 5.74) is 5.90. The Bertz CT molecular complexity index is 439. The maximum absolute atomic E-state index is 12.4. The lowest BCUT2D eigenvalue weighted by Crippen LogP contribution is -2.47. The van der Waals surface area contributed by atoms with Gasteiger partial charge in [-0.15, -0.1) is 0 Å². The van der Waals surface area contributed by atoms with Crippen LogP contribution in [0, 0.1) is 5.92 Å². The van der Waals surface area contributed by atoms with Crippen molar-refractivity contribution >= 4 is 5.78 Å². The third kappa shape index (κ3) is 2.70. The third-order valence-corrected chi connectivity index (χ3v) is 3.36. The normalized spacial score (nSPS) is 18.2. The van der Waals surface area contributed by atoms with Crippen LogP contribution in [-0.2, 0) is 0 Å². The van der Waals surface area contributed by atoms with E-state index in [0.29, 0.717) is 23.8 Å². The Morgan fingerprint density at radius 3 is 2.89 bits per heavy atom. The molecule has 1 saturated carbocycles. The van der Waals surface area contributed by atoms with Crippen molar-refractivity contribution in [1.82, 2.24) is 4.98 Å². The maximum atomic E-state index is 12.4. The third-order valence-electron chi connectivity index (χ3n) is 3.36. The molecule has 2 N–H and O–H groups in total. The van der Waals surface area contributed by atoms with Crippen molar-refractivity contribution in [3.05, 3.63) is 24.0 Å². The second-order valence-electron chi connectivity index (χ2n) is 5.14. The topological polar surface area (TPSA) is 65.2 Å². The molecule has 4 nitrogen and oxygen atoms in total. The summed E-state index contributed by atoms with van der Waals surface area (Å²) >= 11 is 0. The van der Waals surface area contributed by atoms with Gasteiger partial charge in [0.1, 0.15) is 5.75 Å². The van der Waals surface area contributed by atoms with Gasteiger partial charge < -0.3 is 10.5 Å². The van der Waals surface area contributed by atoms with Gasteiger partial charge in [0.05, 0.1) is 18.3 Å². The van der Waals surface area contributed by atoms with Crippen molar-refractivity contribution in [2.45, 2.75) is 38.6 Å². The molecule has 0 amide bonds. The van der Waals surface area contributed by atoms with E-state index in [1.54, 1.807) is 18.5 Å². The van der Waals surface area contributed by atoms with Gasteiger partial charge in [-0.25, -0.2) is 0 Å². The van der Waals surface area contributed by atoms with Crippen LogP contribution in [0.4, 0.5) is 0 Å². The van der Waals surface area contributed by atoms with Crippen LogP contribution in [0.5, 0.6) is 5.75 Å². The van der Waals surface area contributed by atoms with Gasteiger partial charge in [-0.1, -0.05) is 6.92 Å². The van der Waals surface area contributed by atoms with Crippen LogP contribution < -0.4 is 10.5 Å². The van der Waals surface area contributed by atoms with Gasteiger partial charge in [0.15, 0.2) is 5.78 Å². The monoisotopic (exact) mass is 248 g/mol. The van der Waals surface area contributed by atoms with E-state index < -0.39 is 5.54 Å². The molecule has 1 unspecified atom stereocenters. The average Bonchev–Trinajstić information content (AvgIpc) is 3.20. The predicted molar refractivity (Wildman–Crippen MR) is 69.7 cm³/mol. The molecule has 1 aliphatic rings. The molecule has 0 radical (unpaired) electrons. The first-order chi connectivity index (χ1) is 8.55. The summed E-state index contributed by atoms with van der Waals surface area (Å²) in [7, 11) is 0. The number of rotatable bonds is 6. The standard InChI is InChI=1S/C14H20N2O2/c1-3-6-18-12-7-10(8-16-9-12)13(17)14(2,15)11-4-5-11/h7-9,11H,3-6,15H2,1-2H3. The summed E-state index contributed by atoms with van der Waals surface area (Å²) in [5.74, 6) is 0.902. The van der Waals surface area contributed by atoms with E-state index in [-0.39, 0.29) is 5.78 Å². The van der Waals surface area contributed by atoms with Crippen molar-refractivity contribution in [2.75, 3.05) is 6.61 Å². The van der Waals surface area contributed by atoms with Gasteiger partial charge in [-0.2, -0.15) is 0 Å². The van der Waals surface area contributed by atoms with E-state index in [0.717, 1.165) is 19.3 Å². The average molecular weight is 248 g/mol. The largest absolute Gasteiger partial charge is 0.492 e. The smallest absolute Gasteiger partial charge is 0.184 e. The first kappa shape index (κ1) is 13.0. The van der Waals surface area contributed by atoms with E-state index in [1.807, 2.05) is 13.8 Å². The lowest BCUT2D eigenvalue weighted by Gasteiger charge is -2.22. The number of hydrogen-bond acceptors (Lipinski definition) is 4. The molecule has 98 valence electrons. The number of nitrogens with zero attached hydrogens (tertiary/aromatic N) is 1. The van der Waals surface area contributed by atoms with E-state index in [9.17, 15) is 4.79 Å². The summed E-state index contributed by atoms with van der Waals surface area (Å²) in [4.78, 5) is 16.4. The molecule has 0 bridgehead atoms. The van der Waals surface area contributed by atoms with Crippen molar-refractivity contribution in [3.63, 3.8) is 0 Å². The Hall–Kier alpha value is -1.42. The van der Waals surface area contributed by atoms with E-state index >= 15 is 0 Å². The minimum atomic E-state index is -0.773. The number of Topliss-reactive ketones (excluding diaryl/α,β-unsaturated/α-hetero) is 1. The highest BCUT2D eigenvalue weighted by atomic mass is 16.5. The number of aromatic nitrogens is 1. The molecular weight excluding hydrogens is 228 g/mol. The molecule has 0 spiro atoms. The van der Waals surface area contributed by atoms with E-state index in [2.05, 4.69) is 4.98 Å². The maximum Gasteiger partial charge on any atom is 0.184 e. The molecule has 1 aromatic rings. The molecule has 0 aromatic carbocycles. The van der Waals surface area contributed by atoms with Gasteiger partial charge in [-0.05, 0) is 38.2 Å². The van der Waals surface area contributed by atoms with Crippen molar-refractivity contribution < 1.29 is 9.53 Å². The lowest BCUT2D eigenvalue weighted by atomic mass is 9.88. The van der Waals surface area contributed by atoms with Gasteiger partial charge in [-0.3, -0.25) is 9.78 Å². The summed E-state index contributed by atoms with van der Waals surface area (Å²) in [6, 6.07) is 1.73. The molecule has 1 aromatic heterocycles. The Balaban J connectivity index is 2.14. The zero-order valence-corrected chi connectivity index (χ0v) is 11.0. The first-order valence-corrected chi connectivity index (χ1v) is 6.47.